The van der Waals surface area contributed by atoms with E-state index in [4.69, 9.17) is 4.74 Å². The molecule has 7 nitrogen and oxygen atoms in total. The molecule has 0 spiro atoms. The SMILES string of the molecule is Cc1c(C(=O)OCC(=O)NC2CCCCC2)cnn1-c1ccc(C(F)(F)F)cn1. The molecular formula is C19H21F3N4O3. The summed E-state index contributed by atoms with van der Waals surface area (Å²) in [7, 11) is 0. The average molecular weight is 410 g/mol. The Bertz CT molecular complexity index is 872. The normalized spacial score (nSPS) is 15.2. The molecule has 0 aliphatic heterocycles. The second kappa shape index (κ2) is 8.62. The van der Waals surface area contributed by atoms with Gasteiger partial charge in [-0.1, -0.05) is 19.3 Å². The van der Waals surface area contributed by atoms with Crippen molar-refractivity contribution in [1.29, 1.82) is 0 Å². The highest BCUT2D eigenvalue weighted by Gasteiger charge is 2.31. The van der Waals surface area contributed by atoms with Crippen molar-refractivity contribution in [3.05, 3.63) is 41.3 Å². The molecule has 29 heavy (non-hydrogen) atoms. The van der Waals surface area contributed by atoms with Crippen LogP contribution in [-0.4, -0.2) is 39.3 Å². The van der Waals surface area contributed by atoms with E-state index in [9.17, 15) is 22.8 Å². The fourth-order valence-electron chi connectivity index (χ4n) is 3.25. The summed E-state index contributed by atoms with van der Waals surface area (Å²) < 4.78 is 44.2. The first-order valence-electron chi connectivity index (χ1n) is 9.30. The molecule has 2 aromatic rings. The van der Waals surface area contributed by atoms with Gasteiger partial charge in [-0.3, -0.25) is 4.79 Å². The van der Waals surface area contributed by atoms with E-state index >= 15 is 0 Å². The quantitative estimate of drug-likeness (QED) is 0.765. The Morgan fingerprint density at radius 3 is 2.55 bits per heavy atom. The lowest BCUT2D eigenvalue weighted by Gasteiger charge is -2.22. The number of rotatable bonds is 5. The van der Waals surface area contributed by atoms with Gasteiger partial charge < -0.3 is 10.1 Å². The molecule has 10 heteroatoms. The smallest absolute Gasteiger partial charge is 0.417 e. The van der Waals surface area contributed by atoms with E-state index in [1.165, 1.54) is 17.3 Å². The molecule has 0 atom stereocenters. The van der Waals surface area contributed by atoms with E-state index in [0.29, 0.717) is 11.9 Å². The molecule has 1 aliphatic carbocycles. The van der Waals surface area contributed by atoms with Gasteiger partial charge in [0.1, 0.15) is 5.56 Å². The molecule has 1 aliphatic rings. The van der Waals surface area contributed by atoms with Gasteiger partial charge >= 0.3 is 12.1 Å². The zero-order valence-electron chi connectivity index (χ0n) is 15.8. The second-order valence-corrected chi connectivity index (χ2v) is 6.94. The van der Waals surface area contributed by atoms with Crippen LogP contribution >= 0.6 is 0 Å². The molecule has 1 amide bonds. The minimum Gasteiger partial charge on any atom is -0.452 e. The van der Waals surface area contributed by atoms with Crippen molar-refractivity contribution in [2.45, 2.75) is 51.2 Å². The fraction of sp³-hybridized carbons (Fsp3) is 0.474. The van der Waals surface area contributed by atoms with Crippen LogP contribution in [0, 0.1) is 6.92 Å². The number of amides is 1. The molecule has 0 aromatic carbocycles. The number of aromatic nitrogens is 3. The van der Waals surface area contributed by atoms with Gasteiger partial charge in [-0.2, -0.15) is 18.3 Å². The standard InChI is InChI=1S/C19H21F3N4O3/c1-12-15(18(28)29-11-17(27)25-14-5-3-2-4-6-14)10-24-26(12)16-8-7-13(9-23-16)19(20,21)22/h7-10,14H,2-6,11H2,1H3,(H,25,27). The van der Waals surface area contributed by atoms with Crippen molar-refractivity contribution in [3.63, 3.8) is 0 Å². The number of nitrogens with zero attached hydrogens (tertiary/aromatic N) is 3. The maximum atomic E-state index is 12.7. The number of pyridine rings is 1. The highest BCUT2D eigenvalue weighted by molar-refractivity contribution is 5.92. The molecule has 1 saturated carbocycles. The maximum Gasteiger partial charge on any atom is 0.417 e. The third kappa shape index (κ3) is 5.12. The van der Waals surface area contributed by atoms with Crippen LogP contribution in [0.15, 0.2) is 24.5 Å². The van der Waals surface area contributed by atoms with Crippen LogP contribution in [0.4, 0.5) is 13.2 Å². The van der Waals surface area contributed by atoms with Crippen LogP contribution in [0.3, 0.4) is 0 Å². The number of alkyl halides is 3. The summed E-state index contributed by atoms with van der Waals surface area (Å²) in [6, 6.07) is 2.16. The summed E-state index contributed by atoms with van der Waals surface area (Å²) in [4.78, 5) is 28.0. The first-order chi connectivity index (χ1) is 13.8. The number of esters is 1. The monoisotopic (exact) mass is 410 g/mol. The highest BCUT2D eigenvalue weighted by Crippen LogP contribution is 2.28. The van der Waals surface area contributed by atoms with Gasteiger partial charge in [0.05, 0.1) is 17.5 Å². The van der Waals surface area contributed by atoms with Crippen LogP contribution in [0.25, 0.3) is 5.82 Å². The largest absolute Gasteiger partial charge is 0.452 e. The van der Waals surface area contributed by atoms with Crippen LogP contribution < -0.4 is 5.32 Å². The zero-order valence-corrected chi connectivity index (χ0v) is 15.8. The molecule has 1 fully saturated rings. The molecule has 0 saturated heterocycles. The van der Waals surface area contributed by atoms with Crippen molar-refractivity contribution in [2.24, 2.45) is 0 Å². The molecule has 0 bridgehead atoms. The highest BCUT2D eigenvalue weighted by atomic mass is 19.4. The number of ether oxygens (including phenoxy) is 1. The van der Waals surface area contributed by atoms with Crippen molar-refractivity contribution in [2.75, 3.05) is 6.61 Å². The van der Waals surface area contributed by atoms with Gasteiger partial charge in [-0.15, -0.1) is 0 Å². The van der Waals surface area contributed by atoms with Crippen LogP contribution in [0.5, 0.6) is 0 Å². The second-order valence-electron chi connectivity index (χ2n) is 6.94. The topological polar surface area (TPSA) is 86.1 Å². The van der Waals surface area contributed by atoms with Crippen LogP contribution in [0.1, 0.15) is 53.7 Å². The summed E-state index contributed by atoms with van der Waals surface area (Å²) in [5.41, 5.74) is -0.429. The van der Waals surface area contributed by atoms with Crippen molar-refractivity contribution in [1.82, 2.24) is 20.1 Å². The molecule has 156 valence electrons. The van der Waals surface area contributed by atoms with E-state index in [2.05, 4.69) is 15.4 Å². The zero-order chi connectivity index (χ0) is 21.0. The summed E-state index contributed by atoms with van der Waals surface area (Å²) in [6.45, 7) is 1.16. The van der Waals surface area contributed by atoms with Crippen molar-refractivity contribution in [3.8, 4) is 5.82 Å². The minimum atomic E-state index is -4.49. The Morgan fingerprint density at radius 2 is 1.93 bits per heavy atom. The molecule has 2 aromatic heterocycles. The lowest BCUT2D eigenvalue weighted by atomic mass is 9.95. The Balaban J connectivity index is 1.61. The number of hydrogen-bond donors (Lipinski definition) is 1. The lowest BCUT2D eigenvalue weighted by Crippen LogP contribution is -2.38. The third-order valence-corrected chi connectivity index (χ3v) is 4.83. The van der Waals surface area contributed by atoms with Crippen molar-refractivity contribution >= 4 is 11.9 Å². The Morgan fingerprint density at radius 1 is 1.21 bits per heavy atom. The first-order valence-corrected chi connectivity index (χ1v) is 9.30. The number of nitrogens with one attached hydrogen (secondary N) is 1. The summed E-state index contributed by atoms with van der Waals surface area (Å²) in [5, 5.41) is 6.84. The number of carbonyl (C=O) groups is 2. The summed E-state index contributed by atoms with van der Waals surface area (Å²) in [5.74, 6) is -0.969. The van der Waals surface area contributed by atoms with E-state index in [1.54, 1.807) is 6.92 Å². The van der Waals surface area contributed by atoms with Gasteiger partial charge in [-0.05, 0) is 31.9 Å². The van der Waals surface area contributed by atoms with E-state index in [0.717, 1.165) is 37.8 Å². The third-order valence-electron chi connectivity index (χ3n) is 4.83. The van der Waals surface area contributed by atoms with Gasteiger partial charge in [0.15, 0.2) is 12.4 Å². The van der Waals surface area contributed by atoms with Crippen molar-refractivity contribution < 1.29 is 27.5 Å². The summed E-state index contributed by atoms with van der Waals surface area (Å²) in [6.07, 6.45) is 2.59. The Kier molecular flexibility index (Phi) is 6.19. The molecule has 1 N–H and O–H groups in total. The molecule has 0 unspecified atom stereocenters. The Labute approximate surface area is 165 Å². The number of hydrogen-bond acceptors (Lipinski definition) is 5. The summed E-state index contributed by atoms with van der Waals surface area (Å²) >= 11 is 0. The van der Waals surface area contributed by atoms with Gasteiger partial charge in [-0.25, -0.2) is 14.5 Å². The predicted octanol–water partition coefficient (Wildman–Crippen LogP) is 3.20. The van der Waals surface area contributed by atoms with E-state index in [1.807, 2.05) is 0 Å². The van der Waals surface area contributed by atoms with E-state index < -0.39 is 24.3 Å². The predicted molar refractivity (Wildman–Crippen MR) is 96.4 cm³/mol. The molecule has 3 rings (SSSR count). The maximum absolute atomic E-state index is 12.7. The molecule has 2 heterocycles. The number of halogens is 3. The number of carbonyl (C=O) groups excluding carboxylic acids is 2. The van der Waals surface area contributed by atoms with Gasteiger partial charge in [0, 0.05) is 12.2 Å². The molecule has 0 radical (unpaired) electrons. The van der Waals surface area contributed by atoms with E-state index in [-0.39, 0.29) is 23.3 Å². The first kappa shape index (κ1) is 20.8. The Hall–Kier alpha value is -2.91. The average Bonchev–Trinajstić information content (AvgIpc) is 3.08. The van der Waals surface area contributed by atoms with Crippen LogP contribution in [-0.2, 0) is 15.7 Å². The van der Waals surface area contributed by atoms with Gasteiger partial charge in [0.25, 0.3) is 5.91 Å². The fourth-order valence-corrected chi connectivity index (χ4v) is 3.25. The van der Waals surface area contributed by atoms with Crippen LogP contribution in [0.2, 0.25) is 0 Å². The minimum absolute atomic E-state index is 0.108. The molecular weight excluding hydrogens is 389 g/mol. The van der Waals surface area contributed by atoms with Gasteiger partial charge in [0.2, 0.25) is 0 Å². The lowest BCUT2D eigenvalue weighted by molar-refractivity contribution is -0.137.